The van der Waals surface area contributed by atoms with Crippen LogP contribution in [-0.4, -0.2) is 75.0 Å². The zero-order chi connectivity index (χ0) is 38.6. The molecule has 298 valence electrons. The van der Waals surface area contributed by atoms with E-state index in [1.807, 2.05) is 39.0 Å². The standard InChI is InChI=1S/C39H59N6O8P/c1-5-6-7-8-9-10-11-12-13-14-15-16-21-48-25-31(51-30-18-17-29(23-40)42-24-30)26-49-54(46,47)50-27-39(4)22-32(35-36(39)53-38(2,3)52-35)33-19-20-34-37(41)43-28-44-45(33)34/h17-20,24,28,31-32,35-36H,5-16,21-22,25-27H2,1-4H3,(H,46,47)(H2,41,43,44)/t31-,32+,35+,36+,39-/m1/s1. The van der Waals surface area contributed by atoms with E-state index in [0.29, 0.717) is 30.1 Å². The SMILES string of the molecule is CCCCCCCCCCCCCCOC[C@H](COP(=O)(O)OC[C@@]1(C)C[C@@H](c2ccc3c(N)ncnn23)[C@@H]2OC(C)(C)O[C@@H]21)Oc1ccc(C#N)nc1. The molecule has 6 atom stereocenters. The minimum atomic E-state index is -4.56. The van der Waals surface area contributed by atoms with Gasteiger partial charge in [0.05, 0.1) is 38.2 Å². The number of unbranched alkanes of at least 4 members (excludes halogenated alkanes) is 11. The molecule has 0 radical (unpaired) electrons. The summed E-state index contributed by atoms with van der Waals surface area (Å²) in [4.78, 5) is 19.1. The van der Waals surface area contributed by atoms with Gasteiger partial charge >= 0.3 is 7.82 Å². The summed E-state index contributed by atoms with van der Waals surface area (Å²) in [6.45, 7) is 8.17. The van der Waals surface area contributed by atoms with Gasteiger partial charge in [-0.1, -0.05) is 84.5 Å². The fourth-order valence-electron chi connectivity index (χ4n) is 7.55. The molecule has 3 aromatic heterocycles. The molecule has 1 saturated heterocycles. The number of hydrogen-bond donors (Lipinski definition) is 2. The second-order valence-electron chi connectivity index (χ2n) is 15.4. The third-order valence-electron chi connectivity index (χ3n) is 10.4. The maximum absolute atomic E-state index is 13.4. The quantitative estimate of drug-likeness (QED) is 0.0662. The van der Waals surface area contributed by atoms with Crippen LogP contribution in [0.3, 0.4) is 0 Å². The average molecular weight is 771 g/mol. The normalized spacial score (nSPS) is 23.6. The lowest BCUT2D eigenvalue weighted by atomic mass is 9.86. The molecule has 0 spiro atoms. The van der Waals surface area contributed by atoms with Crippen LogP contribution in [0.15, 0.2) is 36.8 Å². The monoisotopic (exact) mass is 770 g/mol. The molecule has 54 heavy (non-hydrogen) atoms. The van der Waals surface area contributed by atoms with Crippen molar-refractivity contribution in [2.45, 2.75) is 141 Å². The Morgan fingerprint density at radius 1 is 0.981 bits per heavy atom. The molecule has 3 N–H and O–H groups in total. The van der Waals surface area contributed by atoms with Gasteiger partial charge in [0, 0.05) is 23.6 Å². The maximum atomic E-state index is 13.4. The van der Waals surface area contributed by atoms with Crippen LogP contribution >= 0.6 is 7.82 Å². The molecule has 3 aromatic rings. The largest absolute Gasteiger partial charge is 0.484 e. The first-order chi connectivity index (χ1) is 25.9. The number of nitrogens with two attached hydrogens (primary N) is 1. The second kappa shape index (κ2) is 19.6. The topological polar surface area (TPSA) is 186 Å². The number of phosphoric ester groups is 1. The van der Waals surface area contributed by atoms with Gasteiger partial charge in [-0.05, 0) is 51.0 Å². The lowest BCUT2D eigenvalue weighted by Gasteiger charge is -2.32. The van der Waals surface area contributed by atoms with Gasteiger partial charge in [-0.15, -0.1) is 0 Å². The van der Waals surface area contributed by atoms with Crippen molar-refractivity contribution in [2.75, 3.05) is 32.2 Å². The molecular weight excluding hydrogens is 711 g/mol. The highest BCUT2D eigenvalue weighted by atomic mass is 31.2. The van der Waals surface area contributed by atoms with Crippen molar-refractivity contribution in [1.29, 1.82) is 5.26 Å². The number of phosphoric acid groups is 1. The first-order valence-corrected chi connectivity index (χ1v) is 21.1. The zero-order valence-electron chi connectivity index (χ0n) is 32.4. The van der Waals surface area contributed by atoms with E-state index in [2.05, 4.69) is 22.0 Å². The van der Waals surface area contributed by atoms with Gasteiger partial charge in [0.25, 0.3) is 0 Å². The highest BCUT2D eigenvalue weighted by molar-refractivity contribution is 7.47. The molecule has 1 unspecified atom stereocenters. The van der Waals surface area contributed by atoms with Crippen molar-refractivity contribution < 1.29 is 37.5 Å². The number of ether oxygens (including phenoxy) is 4. The predicted molar refractivity (Wildman–Crippen MR) is 204 cm³/mol. The Bertz CT molecular complexity index is 1700. The average Bonchev–Trinajstić information content (AvgIpc) is 3.81. The highest BCUT2D eigenvalue weighted by Crippen LogP contribution is 2.57. The molecule has 0 amide bonds. The minimum absolute atomic E-state index is 0.126. The zero-order valence-corrected chi connectivity index (χ0v) is 33.3. The van der Waals surface area contributed by atoms with Gasteiger partial charge in [-0.3, -0.25) is 9.05 Å². The highest BCUT2D eigenvalue weighted by Gasteiger charge is 2.60. The van der Waals surface area contributed by atoms with Crippen LogP contribution < -0.4 is 10.5 Å². The molecule has 5 rings (SSSR count). The van der Waals surface area contributed by atoms with Gasteiger partial charge in [0.2, 0.25) is 0 Å². The fourth-order valence-corrected chi connectivity index (χ4v) is 8.44. The van der Waals surface area contributed by atoms with Crippen LogP contribution in [0.25, 0.3) is 5.52 Å². The Morgan fingerprint density at radius 2 is 1.69 bits per heavy atom. The maximum Gasteiger partial charge on any atom is 0.472 e. The fraction of sp³-hybridized carbons (Fsp3) is 0.692. The van der Waals surface area contributed by atoms with Crippen LogP contribution in [-0.2, 0) is 27.8 Å². The van der Waals surface area contributed by atoms with E-state index >= 15 is 0 Å². The number of nitriles is 1. The first kappa shape index (κ1) is 42.0. The Morgan fingerprint density at radius 3 is 2.35 bits per heavy atom. The Balaban J connectivity index is 1.11. The van der Waals surface area contributed by atoms with Gasteiger partial charge < -0.3 is 29.6 Å². The van der Waals surface area contributed by atoms with Crippen molar-refractivity contribution in [3.05, 3.63) is 48.2 Å². The van der Waals surface area contributed by atoms with E-state index in [1.54, 1.807) is 10.6 Å². The van der Waals surface area contributed by atoms with E-state index in [9.17, 15) is 9.46 Å². The molecule has 4 heterocycles. The molecule has 1 saturated carbocycles. The summed E-state index contributed by atoms with van der Waals surface area (Å²) < 4.78 is 51.0. The van der Waals surface area contributed by atoms with Gasteiger partial charge in [0.15, 0.2) is 11.6 Å². The van der Waals surface area contributed by atoms with Crippen LogP contribution in [0.1, 0.15) is 128 Å². The summed E-state index contributed by atoms with van der Waals surface area (Å²) in [5, 5.41) is 13.5. The summed E-state index contributed by atoms with van der Waals surface area (Å²) in [6, 6.07) is 8.96. The number of aromatic nitrogens is 4. The summed E-state index contributed by atoms with van der Waals surface area (Å²) in [5.74, 6) is -0.283. The minimum Gasteiger partial charge on any atom is -0.484 e. The number of nitrogen functional groups attached to an aromatic ring is 1. The van der Waals surface area contributed by atoms with E-state index in [1.165, 1.54) is 82.8 Å². The van der Waals surface area contributed by atoms with Crippen LogP contribution in [0.2, 0.25) is 0 Å². The van der Waals surface area contributed by atoms with Gasteiger partial charge in [-0.2, -0.15) is 10.4 Å². The van der Waals surface area contributed by atoms with E-state index in [4.69, 9.17) is 39.0 Å². The summed E-state index contributed by atoms with van der Waals surface area (Å²) in [5.41, 5.74) is 7.20. The van der Waals surface area contributed by atoms with Crippen molar-refractivity contribution in [1.82, 2.24) is 19.6 Å². The summed E-state index contributed by atoms with van der Waals surface area (Å²) in [6.07, 6.45) is 16.9. The lowest BCUT2D eigenvalue weighted by Crippen LogP contribution is -2.37. The molecule has 0 aromatic carbocycles. The Kier molecular flexibility index (Phi) is 15.3. The number of fused-ring (bicyclic) bond motifs is 2. The number of anilines is 1. The number of pyridine rings is 1. The molecule has 1 aliphatic heterocycles. The van der Waals surface area contributed by atoms with Crippen molar-refractivity contribution in [3.63, 3.8) is 0 Å². The van der Waals surface area contributed by atoms with Crippen LogP contribution in [0, 0.1) is 16.7 Å². The van der Waals surface area contributed by atoms with Gasteiger partial charge in [-0.25, -0.2) is 19.0 Å². The number of nitrogens with zero attached hydrogens (tertiary/aromatic N) is 5. The van der Waals surface area contributed by atoms with Gasteiger partial charge in [0.1, 0.15) is 35.5 Å². The molecule has 14 nitrogen and oxygen atoms in total. The lowest BCUT2D eigenvalue weighted by molar-refractivity contribution is -0.168. The predicted octanol–water partition coefficient (Wildman–Crippen LogP) is 7.89. The second-order valence-corrected chi connectivity index (χ2v) is 16.9. The van der Waals surface area contributed by atoms with Crippen molar-refractivity contribution in [3.8, 4) is 11.8 Å². The van der Waals surface area contributed by atoms with Crippen LogP contribution in [0.5, 0.6) is 5.75 Å². The third kappa shape index (κ3) is 11.7. The Labute approximate surface area is 319 Å². The Hall–Kier alpha value is -3.15. The van der Waals surface area contributed by atoms with E-state index in [0.717, 1.165) is 18.5 Å². The molecule has 2 fully saturated rings. The van der Waals surface area contributed by atoms with E-state index in [-0.39, 0.29) is 37.5 Å². The molecule has 15 heteroatoms. The third-order valence-corrected chi connectivity index (χ3v) is 11.3. The summed E-state index contributed by atoms with van der Waals surface area (Å²) in [7, 11) is -4.56. The van der Waals surface area contributed by atoms with Crippen LogP contribution in [0.4, 0.5) is 5.82 Å². The molecule has 2 aliphatic rings. The summed E-state index contributed by atoms with van der Waals surface area (Å²) >= 11 is 0. The van der Waals surface area contributed by atoms with E-state index < -0.39 is 31.2 Å². The first-order valence-electron chi connectivity index (χ1n) is 19.6. The molecule has 0 bridgehead atoms. The number of hydrogen-bond acceptors (Lipinski definition) is 12. The molecule has 1 aliphatic carbocycles. The van der Waals surface area contributed by atoms with Crippen molar-refractivity contribution in [2.24, 2.45) is 5.41 Å². The van der Waals surface area contributed by atoms with Crippen molar-refractivity contribution >= 4 is 19.2 Å². The molecular formula is C39H59N6O8P. The number of rotatable bonds is 24. The smallest absolute Gasteiger partial charge is 0.472 e.